The van der Waals surface area contributed by atoms with Crippen molar-refractivity contribution in [3.8, 4) is 5.88 Å². The Morgan fingerprint density at radius 2 is 1.65 bits per heavy atom. The Balaban J connectivity index is 1.36. The van der Waals surface area contributed by atoms with Crippen molar-refractivity contribution in [2.75, 3.05) is 18.9 Å². The molecule has 1 aliphatic rings. The topological polar surface area (TPSA) is 141 Å². The zero-order valence-electron chi connectivity index (χ0n) is 22.6. The minimum absolute atomic E-state index is 0.0435. The van der Waals surface area contributed by atoms with E-state index in [9.17, 15) is 9.59 Å². The zero-order chi connectivity index (χ0) is 28.2. The standard InChI is InChI=1S/C29H31N5O6/c1-4-13-37-26-21-15-34(33-25(21)31-29(30)32-26)24-14-22(40-28(36)20-11-7-18(3)8-12-20)23(39-24)16-38-27(35)19-9-5-17(2)6-10-19/h5-12,15,22-24H,4,13-14,16H2,1-3H3,(H2,30,31,33)/t22-,23+,24+/m0/s1. The van der Waals surface area contributed by atoms with Crippen LogP contribution in [0.25, 0.3) is 11.0 Å². The van der Waals surface area contributed by atoms with Crippen LogP contribution < -0.4 is 10.5 Å². The third-order valence-electron chi connectivity index (χ3n) is 6.51. The minimum Gasteiger partial charge on any atom is -0.477 e. The van der Waals surface area contributed by atoms with Crippen LogP contribution in [0.2, 0.25) is 0 Å². The molecule has 1 aliphatic heterocycles. The molecular weight excluding hydrogens is 514 g/mol. The number of aryl methyl sites for hydroxylation is 2. The summed E-state index contributed by atoms with van der Waals surface area (Å²) in [6.45, 7) is 6.21. The Kier molecular flexibility index (Phi) is 7.92. The lowest BCUT2D eigenvalue weighted by Crippen LogP contribution is -2.32. The molecule has 2 aromatic carbocycles. The predicted octanol–water partition coefficient (Wildman–Crippen LogP) is 4.18. The average Bonchev–Trinajstić information content (AvgIpc) is 3.55. The Morgan fingerprint density at radius 1 is 1.00 bits per heavy atom. The van der Waals surface area contributed by atoms with E-state index in [2.05, 4.69) is 15.1 Å². The van der Waals surface area contributed by atoms with Crippen LogP contribution in [0.3, 0.4) is 0 Å². The number of rotatable bonds is 9. The molecule has 1 fully saturated rings. The van der Waals surface area contributed by atoms with E-state index in [4.69, 9.17) is 24.7 Å². The first-order valence-corrected chi connectivity index (χ1v) is 13.1. The van der Waals surface area contributed by atoms with Crippen LogP contribution in [0.5, 0.6) is 5.88 Å². The van der Waals surface area contributed by atoms with Crippen LogP contribution in [0.15, 0.2) is 54.7 Å². The second-order valence-electron chi connectivity index (χ2n) is 9.72. The van der Waals surface area contributed by atoms with Crippen molar-refractivity contribution in [3.63, 3.8) is 0 Å². The quantitative estimate of drug-likeness (QED) is 0.304. The summed E-state index contributed by atoms with van der Waals surface area (Å²) in [6.07, 6.45) is 0.712. The number of esters is 2. The van der Waals surface area contributed by atoms with Crippen molar-refractivity contribution in [1.82, 2.24) is 19.7 Å². The van der Waals surface area contributed by atoms with Gasteiger partial charge in [-0.3, -0.25) is 0 Å². The summed E-state index contributed by atoms with van der Waals surface area (Å²) in [5.41, 5.74) is 9.10. The summed E-state index contributed by atoms with van der Waals surface area (Å²) in [5, 5.41) is 5.10. The molecule has 2 N–H and O–H groups in total. The number of benzene rings is 2. The number of fused-ring (bicyclic) bond motifs is 1. The number of carbonyl (C=O) groups excluding carboxylic acids is 2. The number of nitrogens with zero attached hydrogens (tertiary/aromatic N) is 4. The predicted molar refractivity (Wildman–Crippen MR) is 146 cm³/mol. The highest BCUT2D eigenvalue weighted by Gasteiger charge is 2.40. The van der Waals surface area contributed by atoms with Gasteiger partial charge in [-0.05, 0) is 44.5 Å². The summed E-state index contributed by atoms with van der Waals surface area (Å²) < 4.78 is 25.0. The van der Waals surface area contributed by atoms with Crippen LogP contribution in [-0.2, 0) is 14.2 Å². The van der Waals surface area contributed by atoms with Crippen LogP contribution in [0.1, 0.15) is 57.8 Å². The van der Waals surface area contributed by atoms with Gasteiger partial charge in [0.1, 0.15) is 24.2 Å². The molecule has 3 atom stereocenters. The maximum Gasteiger partial charge on any atom is 0.338 e. The van der Waals surface area contributed by atoms with E-state index < -0.39 is 30.4 Å². The molecule has 0 saturated carbocycles. The van der Waals surface area contributed by atoms with Gasteiger partial charge in [0.05, 0.1) is 17.7 Å². The molecular formula is C29H31N5O6. The lowest BCUT2D eigenvalue weighted by Gasteiger charge is -2.19. The highest BCUT2D eigenvalue weighted by molar-refractivity contribution is 5.90. The van der Waals surface area contributed by atoms with E-state index in [0.29, 0.717) is 34.6 Å². The molecule has 3 heterocycles. The van der Waals surface area contributed by atoms with E-state index in [1.54, 1.807) is 35.1 Å². The summed E-state index contributed by atoms with van der Waals surface area (Å²) in [7, 11) is 0. The van der Waals surface area contributed by atoms with Gasteiger partial charge in [0.15, 0.2) is 11.9 Å². The highest BCUT2D eigenvalue weighted by atomic mass is 16.6. The zero-order valence-corrected chi connectivity index (χ0v) is 22.6. The second kappa shape index (κ2) is 11.7. The lowest BCUT2D eigenvalue weighted by molar-refractivity contribution is -0.0598. The third-order valence-corrected chi connectivity index (χ3v) is 6.51. The Labute approximate surface area is 231 Å². The van der Waals surface area contributed by atoms with Crippen LogP contribution in [0.4, 0.5) is 5.95 Å². The largest absolute Gasteiger partial charge is 0.477 e. The number of ether oxygens (including phenoxy) is 4. The number of nitrogens with two attached hydrogens (primary N) is 1. The Morgan fingerprint density at radius 3 is 2.30 bits per heavy atom. The fourth-order valence-corrected chi connectivity index (χ4v) is 4.33. The third kappa shape index (κ3) is 6.04. The van der Waals surface area contributed by atoms with Crippen molar-refractivity contribution < 1.29 is 28.5 Å². The summed E-state index contributed by atoms with van der Waals surface area (Å²) >= 11 is 0. The molecule has 0 aliphatic carbocycles. The number of hydrogen-bond acceptors (Lipinski definition) is 10. The van der Waals surface area contributed by atoms with Crippen LogP contribution >= 0.6 is 0 Å². The maximum atomic E-state index is 13.0. The van der Waals surface area contributed by atoms with E-state index in [-0.39, 0.29) is 19.0 Å². The minimum atomic E-state index is -0.729. The molecule has 5 rings (SSSR count). The highest BCUT2D eigenvalue weighted by Crippen LogP contribution is 2.33. The van der Waals surface area contributed by atoms with Crippen molar-refractivity contribution in [1.29, 1.82) is 0 Å². The molecule has 0 bridgehead atoms. The van der Waals surface area contributed by atoms with Gasteiger partial charge in [0, 0.05) is 12.6 Å². The molecule has 1 saturated heterocycles. The first-order valence-electron chi connectivity index (χ1n) is 13.1. The van der Waals surface area contributed by atoms with Crippen LogP contribution in [0, 0.1) is 13.8 Å². The van der Waals surface area contributed by atoms with Crippen LogP contribution in [-0.4, -0.2) is 57.1 Å². The molecule has 208 valence electrons. The van der Waals surface area contributed by atoms with Gasteiger partial charge in [-0.25, -0.2) is 14.3 Å². The fraction of sp³-hybridized carbons (Fsp3) is 0.345. The number of hydrogen-bond donors (Lipinski definition) is 1. The van der Waals surface area contributed by atoms with Gasteiger partial charge in [-0.1, -0.05) is 42.3 Å². The van der Waals surface area contributed by atoms with Gasteiger partial charge in [-0.15, -0.1) is 5.10 Å². The van der Waals surface area contributed by atoms with Gasteiger partial charge in [-0.2, -0.15) is 9.97 Å². The van der Waals surface area contributed by atoms with Crippen molar-refractivity contribution in [3.05, 3.63) is 77.0 Å². The van der Waals surface area contributed by atoms with Gasteiger partial charge in [0.25, 0.3) is 0 Å². The average molecular weight is 546 g/mol. The number of aromatic nitrogens is 4. The second-order valence-corrected chi connectivity index (χ2v) is 9.72. The fourth-order valence-electron chi connectivity index (χ4n) is 4.33. The molecule has 0 radical (unpaired) electrons. The maximum absolute atomic E-state index is 13.0. The summed E-state index contributed by atoms with van der Waals surface area (Å²) in [5.74, 6) is -0.617. The molecule has 11 nitrogen and oxygen atoms in total. The van der Waals surface area contributed by atoms with Gasteiger partial charge in [0.2, 0.25) is 11.8 Å². The van der Waals surface area contributed by atoms with E-state index in [0.717, 1.165) is 17.5 Å². The number of carbonyl (C=O) groups is 2. The molecule has 0 spiro atoms. The SMILES string of the molecule is CCCOc1nc(N)nc2nn([C@H]3C[C@H](OC(=O)c4ccc(C)cc4)[C@@H](COC(=O)c4ccc(C)cc4)O3)cc12. The normalized spacial score (nSPS) is 18.5. The summed E-state index contributed by atoms with van der Waals surface area (Å²) in [6, 6.07) is 14.2. The molecule has 40 heavy (non-hydrogen) atoms. The molecule has 0 unspecified atom stereocenters. The molecule has 11 heteroatoms. The number of anilines is 1. The molecule has 2 aromatic heterocycles. The molecule has 4 aromatic rings. The van der Waals surface area contributed by atoms with E-state index in [1.165, 1.54) is 0 Å². The van der Waals surface area contributed by atoms with Crippen molar-refractivity contribution in [2.24, 2.45) is 0 Å². The Hall–Kier alpha value is -4.51. The first-order chi connectivity index (χ1) is 19.3. The van der Waals surface area contributed by atoms with Gasteiger partial charge >= 0.3 is 11.9 Å². The smallest absolute Gasteiger partial charge is 0.338 e. The van der Waals surface area contributed by atoms with Crippen molar-refractivity contribution >= 4 is 28.9 Å². The summed E-state index contributed by atoms with van der Waals surface area (Å²) in [4.78, 5) is 34.0. The lowest BCUT2D eigenvalue weighted by atomic mass is 10.1. The monoisotopic (exact) mass is 545 g/mol. The van der Waals surface area contributed by atoms with Gasteiger partial charge < -0.3 is 24.7 Å². The first kappa shape index (κ1) is 27.1. The molecule has 0 amide bonds. The Bertz CT molecular complexity index is 1500. The van der Waals surface area contributed by atoms with Crippen molar-refractivity contribution in [2.45, 2.75) is 52.0 Å². The van der Waals surface area contributed by atoms with E-state index >= 15 is 0 Å². The number of nitrogen functional groups attached to an aromatic ring is 1. The van der Waals surface area contributed by atoms with E-state index in [1.807, 2.05) is 45.0 Å².